The van der Waals surface area contributed by atoms with E-state index in [1.807, 2.05) is 4.90 Å². The van der Waals surface area contributed by atoms with Crippen molar-refractivity contribution in [2.24, 2.45) is 0 Å². The number of amides is 1. The van der Waals surface area contributed by atoms with Crippen molar-refractivity contribution in [3.63, 3.8) is 0 Å². The average molecular weight is 293 g/mol. The molecule has 0 aromatic heterocycles. The molecule has 1 aromatic carbocycles. The maximum absolute atomic E-state index is 13.3. The van der Waals surface area contributed by atoms with Gasteiger partial charge in [-0.05, 0) is 31.0 Å². The van der Waals surface area contributed by atoms with Crippen molar-refractivity contribution in [1.29, 1.82) is 0 Å². The molecule has 1 amide bonds. The second-order valence-corrected chi connectivity index (χ2v) is 5.57. The van der Waals surface area contributed by atoms with Gasteiger partial charge in [0.15, 0.2) is 0 Å². The molecule has 0 unspecified atom stereocenters. The first-order chi connectivity index (χ1) is 10.2. The topological polar surface area (TPSA) is 20.3 Å². The number of carbonyl (C=O) groups is 1. The maximum Gasteiger partial charge on any atom is 0.253 e. The van der Waals surface area contributed by atoms with Crippen molar-refractivity contribution in [2.45, 2.75) is 58.8 Å². The third-order valence-corrected chi connectivity index (χ3v) is 3.67. The van der Waals surface area contributed by atoms with Crippen molar-refractivity contribution in [2.75, 3.05) is 13.1 Å². The Morgan fingerprint density at radius 1 is 1.00 bits per heavy atom. The lowest BCUT2D eigenvalue weighted by Crippen LogP contribution is -2.33. The summed E-state index contributed by atoms with van der Waals surface area (Å²) < 4.78 is 13.3. The summed E-state index contributed by atoms with van der Waals surface area (Å²) in [6.07, 6.45) is 7.96. The first kappa shape index (κ1) is 17.7. The molecular weight excluding hydrogens is 265 g/mol. The fourth-order valence-electron chi connectivity index (χ4n) is 2.37. The molecule has 0 aliphatic carbocycles. The summed E-state index contributed by atoms with van der Waals surface area (Å²) in [5.41, 5.74) is 0.458. The van der Waals surface area contributed by atoms with Crippen LogP contribution >= 0.6 is 0 Å². The highest BCUT2D eigenvalue weighted by atomic mass is 19.1. The summed E-state index contributed by atoms with van der Waals surface area (Å²) in [4.78, 5) is 14.4. The fourth-order valence-corrected chi connectivity index (χ4v) is 2.37. The van der Waals surface area contributed by atoms with Gasteiger partial charge in [-0.2, -0.15) is 0 Å². The Bertz CT molecular complexity index is 419. The summed E-state index contributed by atoms with van der Waals surface area (Å²) in [6, 6.07) is 6.00. The van der Waals surface area contributed by atoms with Gasteiger partial charge >= 0.3 is 0 Å². The second-order valence-electron chi connectivity index (χ2n) is 5.57. The zero-order valence-corrected chi connectivity index (χ0v) is 13.4. The molecule has 0 N–H and O–H groups in total. The van der Waals surface area contributed by atoms with Gasteiger partial charge in [-0.1, -0.05) is 52.0 Å². The van der Waals surface area contributed by atoms with E-state index in [0.29, 0.717) is 5.56 Å². The summed E-state index contributed by atoms with van der Waals surface area (Å²) in [5.74, 6) is -0.391. The van der Waals surface area contributed by atoms with Crippen LogP contribution in [0.15, 0.2) is 24.3 Å². The Hall–Kier alpha value is -1.38. The van der Waals surface area contributed by atoms with Gasteiger partial charge < -0.3 is 4.90 Å². The van der Waals surface area contributed by atoms with E-state index < -0.39 is 0 Å². The SMILES string of the molecule is CCCCCCCN(CCCC)C(=O)c1cccc(F)c1. The lowest BCUT2D eigenvalue weighted by Gasteiger charge is -2.22. The minimum Gasteiger partial charge on any atom is -0.339 e. The standard InChI is InChI=1S/C18H28FNO/c1-3-5-7-8-9-14-20(13-6-4-2)18(21)16-11-10-12-17(19)15-16/h10-12,15H,3-9,13-14H2,1-2H3. The van der Waals surface area contributed by atoms with Crippen molar-refractivity contribution >= 4 is 5.91 Å². The number of hydrogen-bond acceptors (Lipinski definition) is 1. The maximum atomic E-state index is 13.3. The number of unbranched alkanes of at least 4 members (excludes halogenated alkanes) is 5. The molecule has 0 fully saturated rings. The summed E-state index contributed by atoms with van der Waals surface area (Å²) in [6.45, 7) is 5.85. The van der Waals surface area contributed by atoms with E-state index in [1.165, 1.54) is 31.4 Å². The predicted octanol–water partition coefficient (Wildman–Crippen LogP) is 5.04. The average Bonchev–Trinajstić information content (AvgIpc) is 2.49. The van der Waals surface area contributed by atoms with Crippen LogP contribution in [0.5, 0.6) is 0 Å². The fraction of sp³-hybridized carbons (Fsp3) is 0.611. The second kappa shape index (κ2) is 10.4. The Morgan fingerprint density at radius 3 is 2.33 bits per heavy atom. The van der Waals surface area contributed by atoms with Gasteiger partial charge in [0.2, 0.25) is 0 Å². The minimum absolute atomic E-state index is 0.0431. The monoisotopic (exact) mass is 293 g/mol. The van der Waals surface area contributed by atoms with Gasteiger partial charge in [-0.25, -0.2) is 4.39 Å². The molecule has 0 spiro atoms. The van der Waals surface area contributed by atoms with E-state index in [1.54, 1.807) is 12.1 Å². The van der Waals surface area contributed by atoms with Gasteiger partial charge in [0, 0.05) is 18.7 Å². The quantitative estimate of drug-likeness (QED) is 0.553. The number of benzene rings is 1. The molecule has 2 nitrogen and oxygen atoms in total. The normalized spacial score (nSPS) is 10.6. The Balaban J connectivity index is 2.56. The Kier molecular flexibility index (Phi) is 8.72. The van der Waals surface area contributed by atoms with Crippen LogP contribution in [0.2, 0.25) is 0 Å². The number of carbonyl (C=O) groups excluding carboxylic acids is 1. The highest BCUT2D eigenvalue weighted by Crippen LogP contribution is 2.11. The third-order valence-electron chi connectivity index (χ3n) is 3.67. The highest BCUT2D eigenvalue weighted by Gasteiger charge is 2.15. The van der Waals surface area contributed by atoms with Crippen molar-refractivity contribution in [3.05, 3.63) is 35.6 Å². The molecule has 21 heavy (non-hydrogen) atoms. The van der Waals surface area contributed by atoms with Crippen molar-refractivity contribution in [1.82, 2.24) is 4.90 Å². The zero-order chi connectivity index (χ0) is 15.5. The summed E-state index contributed by atoms with van der Waals surface area (Å²) >= 11 is 0. The number of halogens is 1. The molecule has 118 valence electrons. The van der Waals surface area contributed by atoms with Gasteiger partial charge in [0.05, 0.1) is 0 Å². The molecule has 0 bridgehead atoms. The van der Waals surface area contributed by atoms with Crippen LogP contribution in [-0.4, -0.2) is 23.9 Å². The van der Waals surface area contributed by atoms with E-state index in [9.17, 15) is 9.18 Å². The third kappa shape index (κ3) is 6.74. The largest absolute Gasteiger partial charge is 0.339 e. The molecule has 0 atom stereocenters. The summed E-state index contributed by atoms with van der Waals surface area (Å²) in [7, 11) is 0. The number of hydrogen-bond donors (Lipinski definition) is 0. The van der Waals surface area contributed by atoms with Gasteiger partial charge in [0.25, 0.3) is 5.91 Å². The lowest BCUT2D eigenvalue weighted by atomic mass is 10.1. The van der Waals surface area contributed by atoms with Crippen LogP contribution in [0.1, 0.15) is 69.2 Å². The van der Waals surface area contributed by atoms with E-state index >= 15 is 0 Å². The van der Waals surface area contributed by atoms with Crippen LogP contribution in [-0.2, 0) is 0 Å². The van der Waals surface area contributed by atoms with Crippen molar-refractivity contribution in [3.8, 4) is 0 Å². The molecule has 0 aliphatic heterocycles. The van der Waals surface area contributed by atoms with Crippen LogP contribution in [0, 0.1) is 5.82 Å². The molecule has 0 saturated heterocycles. The number of rotatable bonds is 10. The lowest BCUT2D eigenvalue weighted by molar-refractivity contribution is 0.0749. The molecule has 1 aromatic rings. The Labute approximate surface area is 128 Å². The van der Waals surface area contributed by atoms with Gasteiger partial charge in [-0.15, -0.1) is 0 Å². The molecular formula is C18H28FNO. The molecule has 0 saturated carbocycles. The molecule has 1 rings (SSSR count). The van der Waals surface area contributed by atoms with E-state index in [4.69, 9.17) is 0 Å². The molecule has 0 heterocycles. The van der Waals surface area contributed by atoms with Crippen LogP contribution in [0.25, 0.3) is 0 Å². The smallest absolute Gasteiger partial charge is 0.253 e. The highest BCUT2D eigenvalue weighted by molar-refractivity contribution is 5.94. The Morgan fingerprint density at radius 2 is 1.67 bits per heavy atom. The van der Waals surface area contributed by atoms with E-state index in [2.05, 4.69) is 13.8 Å². The molecule has 0 aliphatic rings. The minimum atomic E-state index is -0.348. The van der Waals surface area contributed by atoms with Crippen LogP contribution < -0.4 is 0 Å². The first-order valence-electron chi connectivity index (χ1n) is 8.23. The van der Waals surface area contributed by atoms with Crippen LogP contribution in [0.3, 0.4) is 0 Å². The van der Waals surface area contributed by atoms with Gasteiger partial charge in [-0.3, -0.25) is 4.79 Å². The van der Waals surface area contributed by atoms with E-state index in [0.717, 1.165) is 38.8 Å². The van der Waals surface area contributed by atoms with E-state index in [-0.39, 0.29) is 11.7 Å². The van der Waals surface area contributed by atoms with Crippen molar-refractivity contribution < 1.29 is 9.18 Å². The molecule has 0 radical (unpaired) electrons. The molecule has 3 heteroatoms. The predicted molar refractivity (Wildman–Crippen MR) is 86.0 cm³/mol. The van der Waals surface area contributed by atoms with Gasteiger partial charge in [0.1, 0.15) is 5.82 Å². The first-order valence-corrected chi connectivity index (χ1v) is 8.23. The zero-order valence-electron chi connectivity index (χ0n) is 13.4. The number of nitrogens with zero attached hydrogens (tertiary/aromatic N) is 1. The summed E-state index contributed by atoms with van der Waals surface area (Å²) in [5, 5.41) is 0. The van der Waals surface area contributed by atoms with Crippen LogP contribution in [0.4, 0.5) is 4.39 Å².